The Balaban J connectivity index is 2.55. The highest BCUT2D eigenvalue weighted by Gasteiger charge is 2.24. The highest BCUT2D eigenvalue weighted by molar-refractivity contribution is 5.74. The summed E-state index contributed by atoms with van der Waals surface area (Å²) < 4.78 is 5.21. The minimum Gasteiger partial charge on any atom is -0.378 e. The van der Waals surface area contributed by atoms with Crippen molar-refractivity contribution < 1.29 is 9.53 Å². The Morgan fingerprint density at radius 3 is 2.62 bits per heavy atom. The zero-order chi connectivity index (χ0) is 12.0. The third-order valence-corrected chi connectivity index (χ3v) is 2.62. The van der Waals surface area contributed by atoms with Crippen LogP contribution < -0.4 is 0 Å². The van der Waals surface area contributed by atoms with Gasteiger partial charge in [0.25, 0.3) is 0 Å². The lowest BCUT2D eigenvalue weighted by molar-refractivity contribution is 0.0408. The molecule has 0 unspecified atom stereocenters. The topological polar surface area (TPSA) is 56.6 Å². The lowest BCUT2D eigenvalue weighted by Crippen LogP contribution is -2.50. The van der Waals surface area contributed by atoms with Gasteiger partial charge in [0, 0.05) is 25.7 Å². The highest BCUT2D eigenvalue weighted by Crippen LogP contribution is 2.07. The number of rotatable bonds is 3. The Morgan fingerprint density at radius 1 is 1.50 bits per heavy atom. The first-order chi connectivity index (χ1) is 7.66. The maximum atomic E-state index is 12.1. The Morgan fingerprint density at radius 2 is 2.12 bits per heavy atom. The molecule has 0 bridgehead atoms. The summed E-state index contributed by atoms with van der Waals surface area (Å²) in [7, 11) is 0. The number of nitriles is 1. The predicted octanol–water partition coefficient (Wildman–Crippen LogP) is 1.06. The van der Waals surface area contributed by atoms with Crippen LogP contribution in [0, 0.1) is 11.3 Å². The fraction of sp³-hybridized carbons (Fsp3) is 0.818. The van der Waals surface area contributed by atoms with Crippen LogP contribution in [0.25, 0.3) is 0 Å². The molecule has 1 rings (SSSR count). The van der Waals surface area contributed by atoms with E-state index < -0.39 is 0 Å². The summed E-state index contributed by atoms with van der Waals surface area (Å²) in [5, 5.41) is 8.57. The van der Waals surface area contributed by atoms with Gasteiger partial charge in [-0.05, 0) is 13.8 Å². The second-order valence-corrected chi connectivity index (χ2v) is 4.08. The molecular weight excluding hydrogens is 206 g/mol. The van der Waals surface area contributed by atoms with Gasteiger partial charge in [-0.25, -0.2) is 4.79 Å². The molecule has 90 valence electrons. The van der Waals surface area contributed by atoms with Crippen LogP contribution in [0.3, 0.4) is 0 Å². The van der Waals surface area contributed by atoms with Crippen molar-refractivity contribution in [3.8, 4) is 6.07 Å². The number of hydrogen-bond acceptors (Lipinski definition) is 3. The average Bonchev–Trinajstić information content (AvgIpc) is 2.30. The lowest BCUT2D eigenvalue weighted by Gasteiger charge is -2.34. The van der Waals surface area contributed by atoms with Crippen LogP contribution in [0.2, 0.25) is 0 Å². The normalized spacial score (nSPS) is 16.0. The van der Waals surface area contributed by atoms with E-state index in [1.54, 1.807) is 9.80 Å². The van der Waals surface area contributed by atoms with Gasteiger partial charge in [0.15, 0.2) is 0 Å². The third kappa shape index (κ3) is 3.38. The van der Waals surface area contributed by atoms with Crippen molar-refractivity contribution in [2.45, 2.75) is 26.3 Å². The fourth-order valence-electron chi connectivity index (χ4n) is 1.68. The summed E-state index contributed by atoms with van der Waals surface area (Å²) >= 11 is 0. The summed E-state index contributed by atoms with van der Waals surface area (Å²) in [6, 6.07) is 2.22. The Hall–Kier alpha value is -1.28. The molecule has 16 heavy (non-hydrogen) atoms. The summed E-state index contributed by atoms with van der Waals surface area (Å²) in [6.07, 6.45) is 0.383. The van der Waals surface area contributed by atoms with Crippen LogP contribution in [0.4, 0.5) is 4.79 Å². The van der Waals surface area contributed by atoms with Gasteiger partial charge in [0.05, 0.1) is 25.7 Å². The first kappa shape index (κ1) is 12.8. The molecule has 0 aliphatic carbocycles. The molecule has 0 radical (unpaired) electrons. The summed E-state index contributed by atoms with van der Waals surface area (Å²) in [5.41, 5.74) is 0. The van der Waals surface area contributed by atoms with Crippen LogP contribution in [0.5, 0.6) is 0 Å². The van der Waals surface area contributed by atoms with Crippen LogP contribution in [-0.2, 0) is 4.74 Å². The summed E-state index contributed by atoms with van der Waals surface area (Å²) in [4.78, 5) is 15.7. The Bertz CT molecular complexity index is 267. The quantitative estimate of drug-likeness (QED) is 0.721. The van der Waals surface area contributed by atoms with E-state index in [2.05, 4.69) is 6.07 Å². The molecule has 1 saturated heterocycles. The molecule has 1 fully saturated rings. The third-order valence-electron chi connectivity index (χ3n) is 2.62. The van der Waals surface area contributed by atoms with E-state index in [4.69, 9.17) is 10.00 Å². The van der Waals surface area contributed by atoms with Crippen molar-refractivity contribution in [2.24, 2.45) is 0 Å². The van der Waals surface area contributed by atoms with Gasteiger partial charge < -0.3 is 14.5 Å². The van der Waals surface area contributed by atoms with Crippen molar-refractivity contribution in [3.63, 3.8) is 0 Å². The number of morpholine rings is 1. The van der Waals surface area contributed by atoms with E-state index in [9.17, 15) is 4.79 Å². The molecule has 5 heteroatoms. The number of urea groups is 1. The largest absolute Gasteiger partial charge is 0.378 e. The molecule has 1 aliphatic heterocycles. The monoisotopic (exact) mass is 225 g/mol. The Labute approximate surface area is 96.6 Å². The first-order valence-corrected chi connectivity index (χ1v) is 5.67. The fourth-order valence-corrected chi connectivity index (χ4v) is 1.68. The van der Waals surface area contributed by atoms with E-state index in [1.807, 2.05) is 13.8 Å². The van der Waals surface area contributed by atoms with E-state index in [-0.39, 0.29) is 12.1 Å². The van der Waals surface area contributed by atoms with Crippen LogP contribution in [0.15, 0.2) is 0 Å². The molecule has 1 heterocycles. The van der Waals surface area contributed by atoms with E-state index in [0.717, 1.165) is 0 Å². The van der Waals surface area contributed by atoms with Crippen LogP contribution in [0.1, 0.15) is 20.3 Å². The molecule has 0 atom stereocenters. The molecule has 0 aromatic heterocycles. The van der Waals surface area contributed by atoms with Gasteiger partial charge in [-0.3, -0.25) is 0 Å². The number of hydrogen-bond donors (Lipinski definition) is 0. The SMILES string of the molecule is CC(C)N(CCC#N)C(=O)N1CCOCC1. The molecule has 5 nitrogen and oxygen atoms in total. The second-order valence-electron chi connectivity index (χ2n) is 4.08. The van der Waals surface area contributed by atoms with Gasteiger partial charge in [-0.1, -0.05) is 0 Å². The maximum Gasteiger partial charge on any atom is 0.320 e. The molecule has 0 saturated carbocycles. The van der Waals surface area contributed by atoms with Crippen LogP contribution in [-0.4, -0.2) is 54.7 Å². The Kier molecular flexibility index (Phi) is 5.06. The van der Waals surface area contributed by atoms with Crippen LogP contribution >= 0.6 is 0 Å². The standard InChI is InChI=1S/C11H19N3O2/c1-10(2)14(5-3-4-12)11(15)13-6-8-16-9-7-13/h10H,3,5-9H2,1-2H3. The summed E-state index contributed by atoms with van der Waals surface area (Å²) in [6.45, 7) is 6.95. The number of amides is 2. The minimum absolute atomic E-state index is 0.0218. The number of carbonyl (C=O) groups is 1. The van der Waals surface area contributed by atoms with Crippen molar-refractivity contribution in [1.82, 2.24) is 9.80 Å². The molecule has 1 aliphatic rings. The minimum atomic E-state index is 0.0218. The zero-order valence-corrected chi connectivity index (χ0v) is 9.98. The molecular formula is C11H19N3O2. The lowest BCUT2D eigenvalue weighted by atomic mass is 10.3. The average molecular weight is 225 g/mol. The van der Waals surface area contributed by atoms with E-state index >= 15 is 0 Å². The molecule has 0 aromatic rings. The van der Waals surface area contributed by atoms with Gasteiger partial charge in [0.1, 0.15) is 0 Å². The van der Waals surface area contributed by atoms with E-state index in [1.165, 1.54) is 0 Å². The molecule has 0 aromatic carbocycles. The maximum absolute atomic E-state index is 12.1. The molecule has 0 spiro atoms. The predicted molar refractivity (Wildman–Crippen MR) is 59.9 cm³/mol. The zero-order valence-electron chi connectivity index (χ0n) is 9.98. The van der Waals surface area contributed by atoms with Gasteiger partial charge in [-0.15, -0.1) is 0 Å². The first-order valence-electron chi connectivity index (χ1n) is 5.67. The highest BCUT2D eigenvalue weighted by atomic mass is 16.5. The van der Waals surface area contributed by atoms with Crippen molar-refractivity contribution >= 4 is 6.03 Å². The van der Waals surface area contributed by atoms with Crippen molar-refractivity contribution in [1.29, 1.82) is 5.26 Å². The molecule has 0 N–H and O–H groups in total. The number of nitrogens with zero attached hydrogens (tertiary/aromatic N) is 3. The van der Waals surface area contributed by atoms with Gasteiger partial charge >= 0.3 is 6.03 Å². The van der Waals surface area contributed by atoms with Gasteiger partial charge in [0.2, 0.25) is 0 Å². The molecule has 2 amide bonds. The summed E-state index contributed by atoms with van der Waals surface area (Å²) in [5.74, 6) is 0. The number of ether oxygens (including phenoxy) is 1. The van der Waals surface area contributed by atoms with E-state index in [0.29, 0.717) is 39.3 Å². The van der Waals surface area contributed by atoms with Crippen molar-refractivity contribution in [2.75, 3.05) is 32.8 Å². The smallest absolute Gasteiger partial charge is 0.320 e. The number of carbonyl (C=O) groups excluding carboxylic acids is 1. The second kappa shape index (κ2) is 6.33. The van der Waals surface area contributed by atoms with Gasteiger partial charge in [-0.2, -0.15) is 5.26 Å². The van der Waals surface area contributed by atoms with Crippen molar-refractivity contribution in [3.05, 3.63) is 0 Å².